The molecule has 1 aliphatic rings. The van der Waals surface area contributed by atoms with E-state index < -0.39 is 0 Å². The second-order valence-electron chi connectivity index (χ2n) is 7.49. The number of fused-ring (bicyclic) bond motifs is 2. The van der Waals surface area contributed by atoms with Crippen molar-refractivity contribution in [3.63, 3.8) is 0 Å². The smallest absolute Gasteiger partial charge is 0.137 e. The van der Waals surface area contributed by atoms with E-state index in [2.05, 4.69) is 91.8 Å². The van der Waals surface area contributed by atoms with Gasteiger partial charge in [-0.05, 0) is 37.5 Å². The van der Waals surface area contributed by atoms with Crippen LogP contribution in [-0.2, 0) is 0 Å². The molecule has 3 aromatic rings. The zero-order chi connectivity index (χ0) is 25.1. The SMILES string of the molecule is CC.CC.CCC.CCC.Cc1cccc2c1OC[C@H]2C.Cc1coc2c(C)cccc12.S. The van der Waals surface area contributed by atoms with Gasteiger partial charge in [-0.15, -0.1) is 0 Å². The van der Waals surface area contributed by atoms with Crippen molar-refractivity contribution in [1.82, 2.24) is 0 Å². The standard InChI is InChI=1S/C10H12O.C10H10O.2C3H8.2C2H6.H2S/c2*1-7-4-3-5-9-8(2)6-11-10(7)9;2*1-3-2;2*1-2;/h3-5,8H,6H2,1-2H3;3-6H,1-2H3;2*3H2,1-2H3;2*1-2H3;1H2/t8-;;;;;;/m1....../s1. The summed E-state index contributed by atoms with van der Waals surface area (Å²) in [7, 11) is 0. The highest BCUT2D eigenvalue weighted by molar-refractivity contribution is 7.59. The first-order valence-electron chi connectivity index (χ1n) is 12.6. The summed E-state index contributed by atoms with van der Waals surface area (Å²) >= 11 is 0. The molecule has 3 heteroatoms. The van der Waals surface area contributed by atoms with Crippen molar-refractivity contribution in [2.75, 3.05) is 6.61 Å². The van der Waals surface area contributed by atoms with Crippen LogP contribution >= 0.6 is 13.5 Å². The highest BCUT2D eigenvalue weighted by Crippen LogP contribution is 2.35. The Morgan fingerprint density at radius 1 is 0.758 bits per heavy atom. The number of aryl methyl sites for hydroxylation is 3. The molecule has 190 valence electrons. The molecular weight excluding hydrogens is 424 g/mol. The topological polar surface area (TPSA) is 22.4 Å². The molecule has 0 unspecified atom stereocenters. The van der Waals surface area contributed by atoms with Crippen LogP contribution in [0.3, 0.4) is 0 Å². The van der Waals surface area contributed by atoms with Gasteiger partial charge >= 0.3 is 0 Å². The molecule has 1 atom stereocenters. The Labute approximate surface area is 212 Å². The Balaban J connectivity index is -0.000000387. The zero-order valence-corrected chi connectivity index (χ0v) is 24.6. The molecule has 33 heavy (non-hydrogen) atoms. The minimum Gasteiger partial charge on any atom is -0.492 e. The molecule has 2 aromatic carbocycles. The van der Waals surface area contributed by atoms with Crippen LogP contribution in [0.25, 0.3) is 11.0 Å². The fraction of sp³-hybridized carbons (Fsp3) is 0.533. The van der Waals surface area contributed by atoms with Gasteiger partial charge in [-0.25, -0.2) is 0 Å². The van der Waals surface area contributed by atoms with Crippen molar-refractivity contribution >= 4 is 24.5 Å². The van der Waals surface area contributed by atoms with Crippen LogP contribution in [0.4, 0.5) is 0 Å². The van der Waals surface area contributed by atoms with Crippen LogP contribution in [0.15, 0.2) is 47.1 Å². The van der Waals surface area contributed by atoms with Gasteiger partial charge in [-0.1, -0.05) is 112 Å². The molecule has 0 bridgehead atoms. The van der Waals surface area contributed by atoms with Gasteiger partial charge in [0.15, 0.2) is 0 Å². The van der Waals surface area contributed by atoms with Gasteiger partial charge in [0.1, 0.15) is 11.3 Å². The molecule has 0 spiro atoms. The van der Waals surface area contributed by atoms with E-state index in [0.717, 1.165) is 17.9 Å². The lowest BCUT2D eigenvalue weighted by atomic mass is 10.0. The summed E-state index contributed by atoms with van der Waals surface area (Å²) in [4.78, 5) is 0. The molecule has 0 radical (unpaired) electrons. The first-order valence-corrected chi connectivity index (χ1v) is 12.6. The molecule has 4 rings (SSSR count). The van der Waals surface area contributed by atoms with Gasteiger partial charge in [0.2, 0.25) is 0 Å². The zero-order valence-electron chi connectivity index (χ0n) is 23.6. The highest BCUT2D eigenvalue weighted by atomic mass is 32.1. The average molecular weight is 477 g/mol. The van der Waals surface area contributed by atoms with Gasteiger partial charge in [-0.2, -0.15) is 13.5 Å². The molecule has 0 fully saturated rings. The summed E-state index contributed by atoms with van der Waals surface area (Å²) in [6.45, 7) is 25.8. The predicted octanol–water partition coefficient (Wildman–Crippen LogP) is 10.5. The van der Waals surface area contributed by atoms with Gasteiger partial charge in [0.25, 0.3) is 0 Å². The van der Waals surface area contributed by atoms with E-state index in [1.54, 1.807) is 6.26 Å². The van der Waals surface area contributed by atoms with Crippen molar-refractivity contribution in [2.24, 2.45) is 0 Å². The Morgan fingerprint density at radius 3 is 1.73 bits per heavy atom. The first kappa shape index (κ1) is 35.7. The lowest BCUT2D eigenvalue weighted by Crippen LogP contribution is -1.93. The van der Waals surface area contributed by atoms with Gasteiger partial charge in [-0.3, -0.25) is 0 Å². The van der Waals surface area contributed by atoms with Crippen LogP contribution in [0, 0.1) is 20.8 Å². The summed E-state index contributed by atoms with van der Waals surface area (Å²) in [6.07, 6.45) is 4.30. The summed E-state index contributed by atoms with van der Waals surface area (Å²) in [6, 6.07) is 12.5. The van der Waals surface area contributed by atoms with E-state index in [1.165, 1.54) is 40.5 Å². The van der Waals surface area contributed by atoms with E-state index in [-0.39, 0.29) is 13.5 Å². The number of hydrogen-bond acceptors (Lipinski definition) is 2. The Kier molecular flexibility index (Phi) is 23.8. The van der Waals surface area contributed by atoms with Crippen molar-refractivity contribution in [3.05, 3.63) is 64.9 Å². The normalized spacial score (nSPS) is 12.1. The number of ether oxygens (including phenoxy) is 1. The Hall–Kier alpha value is -1.87. The predicted molar refractivity (Wildman–Crippen MR) is 156 cm³/mol. The fourth-order valence-corrected chi connectivity index (χ4v) is 2.89. The van der Waals surface area contributed by atoms with E-state index >= 15 is 0 Å². The van der Waals surface area contributed by atoms with Crippen LogP contribution in [0.1, 0.15) is 103 Å². The van der Waals surface area contributed by atoms with E-state index in [0.29, 0.717) is 5.92 Å². The largest absolute Gasteiger partial charge is 0.492 e. The summed E-state index contributed by atoms with van der Waals surface area (Å²) < 4.78 is 10.9. The van der Waals surface area contributed by atoms with Crippen molar-refractivity contribution in [1.29, 1.82) is 0 Å². The minimum atomic E-state index is 0. The average Bonchev–Trinajstić information content (AvgIpc) is 3.38. The highest BCUT2D eigenvalue weighted by Gasteiger charge is 2.20. The number of rotatable bonds is 0. The molecule has 1 aromatic heterocycles. The third-order valence-electron chi connectivity index (χ3n) is 4.24. The van der Waals surface area contributed by atoms with E-state index in [9.17, 15) is 0 Å². The fourth-order valence-electron chi connectivity index (χ4n) is 2.89. The van der Waals surface area contributed by atoms with Crippen LogP contribution in [0.2, 0.25) is 0 Å². The molecule has 0 N–H and O–H groups in total. The maximum atomic E-state index is 5.54. The molecular formula is C30H52O2S. The number of benzene rings is 2. The van der Waals surface area contributed by atoms with Gasteiger partial charge in [0.05, 0.1) is 12.9 Å². The molecule has 2 heterocycles. The molecule has 2 nitrogen and oxygen atoms in total. The second kappa shape index (κ2) is 21.9. The lowest BCUT2D eigenvalue weighted by molar-refractivity contribution is 0.335. The molecule has 0 saturated heterocycles. The van der Waals surface area contributed by atoms with Crippen LogP contribution in [0.5, 0.6) is 5.75 Å². The van der Waals surface area contributed by atoms with Crippen LogP contribution in [-0.4, -0.2) is 6.61 Å². The number of para-hydroxylation sites is 2. The van der Waals surface area contributed by atoms with Gasteiger partial charge in [0, 0.05) is 16.9 Å². The first-order chi connectivity index (χ1) is 15.4. The Morgan fingerprint density at radius 2 is 1.24 bits per heavy atom. The minimum absolute atomic E-state index is 0. The van der Waals surface area contributed by atoms with Gasteiger partial charge < -0.3 is 9.15 Å². The van der Waals surface area contributed by atoms with E-state index in [1.807, 2.05) is 27.7 Å². The maximum Gasteiger partial charge on any atom is 0.137 e. The van der Waals surface area contributed by atoms with Crippen molar-refractivity contribution in [2.45, 2.75) is 102 Å². The third-order valence-corrected chi connectivity index (χ3v) is 4.24. The maximum absolute atomic E-state index is 5.54. The third kappa shape index (κ3) is 12.2. The summed E-state index contributed by atoms with van der Waals surface area (Å²) in [5, 5.41) is 1.23. The number of hydrogen-bond donors (Lipinski definition) is 0. The Bertz CT molecular complexity index is 834. The number of furan rings is 1. The molecule has 0 aliphatic carbocycles. The van der Waals surface area contributed by atoms with E-state index in [4.69, 9.17) is 9.15 Å². The summed E-state index contributed by atoms with van der Waals surface area (Å²) in [5.41, 5.74) is 6.06. The second-order valence-corrected chi connectivity index (χ2v) is 7.49. The summed E-state index contributed by atoms with van der Waals surface area (Å²) in [5.74, 6) is 1.69. The molecule has 0 amide bonds. The van der Waals surface area contributed by atoms with Crippen LogP contribution < -0.4 is 4.74 Å². The molecule has 0 saturated carbocycles. The van der Waals surface area contributed by atoms with Crippen molar-refractivity contribution < 1.29 is 9.15 Å². The van der Waals surface area contributed by atoms with Crippen molar-refractivity contribution in [3.8, 4) is 5.75 Å². The molecule has 1 aliphatic heterocycles. The lowest BCUT2D eigenvalue weighted by Gasteiger charge is -2.01. The monoisotopic (exact) mass is 476 g/mol. The quantitative estimate of drug-likeness (QED) is 0.322.